The van der Waals surface area contributed by atoms with Gasteiger partial charge in [-0.1, -0.05) is 50.2 Å². The summed E-state index contributed by atoms with van der Waals surface area (Å²) < 4.78 is 0. The Morgan fingerprint density at radius 3 is 2.43 bits per heavy atom. The lowest BCUT2D eigenvalue weighted by Crippen LogP contribution is -1.86. The molecular formula is C18H17NOS. The highest BCUT2D eigenvalue weighted by atomic mass is 32.1. The number of aromatic hydroxyl groups is 1. The highest BCUT2D eigenvalue weighted by Crippen LogP contribution is 2.30. The largest absolute Gasteiger partial charge is 0.508 e. The summed E-state index contributed by atoms with van der Waals surface area (Å²) in [5.41, 5.74) is 4.39. The number of benzene rings is 2. The summed E-state index contributed by atoms with van der Waals surface area (Å²) in [7, 11) is 0. The number of phenols is 1. The molecule has 0 saturated heterocycles. The van der Waals surface area contributed by atoms with Crippen LogP contribution in [0.3, 0.4) is 0 Å². The van der Waals surface area contributed by atoms with E-state index in [2.05, 4.69) is 48.5 Å². The first kappa shape index (κ1) is 13.8. The molecule has 0 atom stereocenters. The van der Waals surface area contributed by atoms with Crippen LogP contribution >= 0.6 is 11.3 Å². The van der Waals surface area contributed by atoms with Crippen molar-refractivity contribution < 1.29 is 5.11 Å². The predicted molar refractivity (Wildman–Crippen MR) is 88.7 cm³/mol. The molecule has 106 valence electrons. The second-order valence-corrected chi connectivity index (χ2v) is 6.22. The van der Waals surface area contributed by atoms with Crippen molar-refractivity contribution in [3.63, 3.8) is 0 Å². The van der Waals surface area contributed by atoms with E-state index in [9.17, 15) is 5.11 Å². The first-order valence-corrected chi connectivity index (χ1v) is 7.87. The average molecular weight is 295 g/mol. The molecule has 1 N–H and O–H groups in total. The van der Waals surface area contributed by atoms with Gasteiger partial charge in [-0.3, -0.25) is 0 Å². The van der Waals surface area contributed by atoms with Crippen LogP contribution in [0.25, 0.3) is 21.8 Å². The number of thiazole rings is 1. The Labute approximate surface area is 128 Å². The molecule has 0 aliphatic carbocycles. The lowest BCUT2D eigenvalue weighted by atomic mass is 10.0. The Morgan fingerprint density at radius 1 is 1.00 bits per heavy atom. The molecule has 0 bridgehead atoms. The molecule has 0 aliphatic rings. The molecule has 2 nitrogen and oxygen atoms in total. The lowest BCUT2D eigenvalue weighted by molar-refractivity contribution is 0.475. The molecule has 3 rings (SSSR count). The molecule has 21 heavy (non-hydrogen) atoms. The van der Waals surface area contributed by atoms with Crippen molar-refractivity contribution in [1.82, 2.24) is 4.98 Å². The molecule has 0 aliphatic heterocycles. The summed E-state index contributed by atoms with van der Waals surface area (Å²) >= 11 is 1.59. The van der Waals surface area contributed by atoms with Crippen LogP contribution in [0, 0.1) is 0 Å². The molecule has 1 heterocycles. The van der Waals surface area contributed by atoms with Gasteiger partial charge in [0.05, 0.1) is 5.69 Å². The van der Waals surface area contributed by atoms with Crippen LogP contribution in [-0.2, 0) is 0 Å². The highest BCUT2D eigenvalue weighted by molar-refractivity contribution is 7.13. The van der Waals surface area contributed by atoms with Gasteiger partial charge < -0.3 is 5.11 Å². The number of phenolic OH excluding ortho intramolecular Hbond substituents is 1. The molecule has 2 aromatic carbocycles. The van der Waals surface area contributed by atoms with Crippen LogP contribution in [0.1, 0.15) is 25.3 Å². The van der Waals surface area contributed by atoms with Crippen LogP contribution in [0.15, 0.2) is 53.9 Å². The summed E-state index contributed by atoms with van der Waals surface area (Å²) in [4.78, 5) is 4.67. The van der Waals surface area contributed by atoms with Gasteiger partial charge in [-0.15, -0.1) is 11.3 Å². The van der Waals surface area contributed by atoms with E-state index in [1.807, 2.05) is 12.1 Å². The van der Waals surface area contributed by atoms with E-state index in [-0.39, 0.29) is 5.75 Å². The molecule has 3 aromatic rings. The third kappa shape index (κ3) is 2.98. The normalized spacial score (nSPS) is 11.0. The van der Waals surface area contributed by atoms with Crippen molar-refractivity contribution >= 4 is 11.3 Å². The van der Waals surface area contributed by atoms with Gasteiger partial charge in [0.25, 0.3) is 0 Å². The standard InChI is InChI=1S/C18H17NOS/c1-12(2)13-6-8-14(9-7-13)17-11-21-18(19-17)15-4-3-5-16(20)10-15/h3-12,20H,1-2H3. The topological polar surface area (TPSA) is 33.1 Å². The summed E-state index contributed by atoms with van der Waals surface area (Å²) in [6.45, 7) is 4.38. The number of nitrogens with zero attached hydrogens (tertiary/aromatic N) is 1. The van der Waals surface area contributed by atoms with Gasteiger partial charge >= 0.3 is 0 Å². The van der Waals surface area contributed by atoms with Crippen LogP contribution in [-0.4, -0.2) is 10.1 Å². The maximum atomic E-state index is 9.56. The molecule has 0 unspecified atom stereocenters. The van der Waals surface area contributed by atoms with Crippen LogP contribution in [0.5, 0.6) is 5.75 Å². The van der Waals surface area contributed by atoms with E-state index in [0.717, 1.165) is 21.8 Å². The van der Waals surface area contributed by atoms with Crippen LogP contribution in [0.2, 0.25) is 0 Å². The Morgan fingerprint density at radius 2 is 1.76 bits per heavy atom. The van der Waals surface area contributed by atoms with Gasteiger partial charge in [0.2, 0.25) is 0 Å². The van der Waals surface area contributed by atoms with E-state index in [0.29, 0.717) is 5.92 Å². The SMILES string of the molecule is CC(C)c1ccc(-c2csc(-c3cccc(O)c3)n2)cc1. The van der Waals surface area contributed by atoms with Crippen molar-refractivity contribution in [3.8, 4) is 27.6 Å². The van der Waals surface area contributed by atoms with Gasteiger partial charge in [-0.2, -0.15) is 0 Å². The summed E-state index contributed by atoms with van der Waals surface area (Å²) in [5.74, 6) is 0.808. The minimum Gasteiger partial charge on any atom is -0.508 e. The van der Waals surface area contributed by atoms with Gasteiger partial charge in [0.15, 0.2) is 0 Å². The van der Waals surface area contributed by atoms with E-state index in [1.165, 1.54) is 5.56 Å². The van der Waals surface area contributed by atoms with Gasteiger partial charge in [-0.25, -0.2) is 4.98 Å². The smallest absolute Gasteiger partial charge is 0.124 e. The average Bonchev–Trinajstić information content (AvgIpc) is 2.97. The molecule has 0 radical (unpaired) electrons. The van der Waals surface area contributed by atoms with Crippen molar-refractivity contribution in [1.29, 1.82) is 0 Å². The van der Waals surface area contributed by atoms with Crippen LogP contribution < -0.4 is 0 Å². The minimum absolute atomic E-state index is 0.269. The van der Waals surface area contributed by atoms with E-state index in [4.69, 9.17) is 0 Å². The first-order valence-electron chi connectivity index (χ1n) is 6.99. The number of hydrogen-bond donors (Lipinski definition) is 1. The van der Waals surface area contributed by atoms with Crippen molar-refractivity contribution in [2.24, 2.45) is 0 Å². The van der Waals surface area contributed by atoms with E-state index >= 15 is 0 Å². The summed E-state index contributed by atoms with van der Waals surface area (Å²) in [6, 6.07) is 15.8. The molecule has 0 saturated carbocycles. The zero-order valence-electron chi connectivity index (χ0n) is 12.1. The third-order valence-corrected chi connectivity index (χ3v) is 4.36. The molecule has 0 fully saturated rings. The number of hydrogen-bond acceptors (Lipinski definition) is 3. The highest BCUT2D eigenvalue weighted by Gasteiger charge is 2.08. The second kappa shape index (κ2) is 5.70. The quantitative estimate of drug-likeness (QED) is 0.710. The van der Waals surface area contributed by atoms with E-state index in [1.54, 1.807) is 23.5 Å². The maximum absolute atomic E-state index is 9.56. The summed E-state index contributed by atoms with van der Waals surface area (Å²) in [6.07, 6.45) is 0. The molecule has 0 amide bonds. The Kier molecular flexibility index (Phi) is 3.76. The third-order valence-electron chi connectivity index (χ3n) is 3.47. The fraction of sp³-hybridized carbons (Fsp3) is 0.167. The monoisotopic (exact) mass is 295 g/mol. The number of rotatable bonds is 3. The maximum Gasteiger partial charge on any atom is 0.124 e. The van der Waals surface area contributed by atoms with E-state index < -0.39 is 0 Å². The minimum atomic E-state index is 0.269. The number of aromatic nitrogens is 1. The fourth-order valence-electron chi connectivity index (χ4n) is 2.22. The fourth-order valence-corrected chi connectivity index (χ4v) is 3.04. The van der Waals surface area contributed by atoms with Gasteiger partial charge in [0.1, 0.15) is 10.8 Å². The predicted octanol–water partition coefficient (Wildman–Crippen LogP) is 5.31. The first-order chi connectivity index (χ1) is 10.1. The van der Waals surface area contributed by atoms with Crippen LogP contribution in [0.4, 0.5) is 0 Å². The second-order valence-electron chi connectivity index (χ2n) is 5.36. The zero-order chi connectivity index (χ0) is 14.8. The molecular weight excluding hydrogens is 278 g/mol. The zero-order valence-corrected chi connectivity index (χ0v) is 12.9. The molecule has 1 aromatic heterocycles. The Balaban J connectivity index is 1.91. The van der Waals surface area contributed by atoms with Crippen molar-refractivity contribution in [3.05, 3.63) is 59.5 Å². The molecule has 0 spiro atoms. The van der Waals surface area contributed by atoms with Crippen molar-refractivity contribution in [2.45, 2.75) is 19.8 Å². The van der Waals surface area contributed by atoms with Gasteiger partial charge in [0, 0.05) is 16.5 Å². The van der Waals surface area contributed by atoms with Gasteiger partial charge in [-0.05, 0) is 23.6 Å². The Hall–Kier alpha value is -2.13. The lowest BCUT2D eigenvalue weighted by Gasteiger charge is -2.05. The van der Waals surface area contributed by atoms with Crippen molar-refractivity contribution in [2.75, 3.05) is 0 Å². The summed E-state index contributed by atoms with van der Waals surface area (Å²) in [5, 5.41) is 12.5. The molecule has 3 heteroatoms. The Bertz CT molecular complexity index is 744.